The van der Waals surface area contributed by atoms with Crippen molar-refractivity contribution in [3.05, 3.63) is 72.9 Å². The Morgan fingerprint density at radius 2 is 1.26 bits per heavy atom. The van der Waals surface area contributed by atoms with Crippen LogP contribution in [-0.2, 0) is 14.3 Å². The fourth-order valence-corrected chi connectivity index (χ4v) is 7.23. The summed E-state index contributed by atoms with van der Waals surface area (Å²) in [7, 11) is 0. The van der Waals surface area contributed by atoms with Gasteiger partial charge in [0, 0.05) is 92.0 Å². The Morgan fingerprint density at radius 1 is 0.667 bits per heavy atom. The molecule has 3 fully saturated rings. The molecule has 1 amide bonds. The number of hydrogen-bond donors (Lipinski definition) is 3. The minimum absolute atomic E-state index is 0.162. The quantitative estimate of drug-likeness (QED) is 0.218. The molecule has 7 aromatic heterocycles. The third-order valence-electron chi connectivity index (χ3n) is 9.93. The number of carbonyl (C=O) groups excluding carboxylic acids is 1. The normalized spacial score (nSPS) is 16.3. The number of rotatable bonds is 6. The highest BCUT2D eigenvalue weighted by Crippen LogP contribution is 2.37. The number of ether oxygens (including phenoxy) is 2. The van der Waals surface area contributed by atoms with Gasteiger partial charge in [0.1, 0.15) is 34.1 Å². The molecule has 16 nitrogen and oxygen atoms in total. The molecule has 0 aliphatic carbocycles. The topological polar surface area (TPSA) is 183 Å². The highest BCUT2D eigenvalue weighted by Gasteiger charge is 2.27. The lowest BCUT2D eigenvalue weighted by Crippen LogP contribution is -2.37. The van der Waals surface area contributed by atoms with Gasteiger partial charge in [-0.15, -0.1) is 0 Å². The Kier molecular flexibility index (Phi) is 9.10. The van der Waals surface area contributed by atoms with Crippen molar-refractivity contribution in [2.24, 2.45) is 0 Å². The second kappa shape index (κ2) is 14.6. The van der Waals surface area contributed by atoms with E-state index in [1.54, 1.807) is 24.8 Å². The zero-order valence-electron chi connectivity index (χ0n) is 29.8. The van der Waals surface area contributed by atoms with Gasteiger partial charge in [-0.2, -0.15) is 15.3 Å². The first kappa shape index (κ1) is 33.6. The van der Waals surface area contributed by atoms with Crippen LogP contribution in [0.15, 0.2) is 67.3 Å². The summed E-state index contributed by atoms with van der Waals surface area (Å²) in [5, 5.41) is 23.5. The number of carbonyl (C=O) groups is 1. The Bertz CT molecular complexity index is 2400. The summed E-state index contributed by atoms with van der Waals surface area (Å²) in [5.74, 6) is 1.93. The van der Waals surface area contributed by atoms with Gasteiger partial charge >= 0.3 is 0 Å². The summed E-state index contributed by atoms with van der Waals surface area (Å²) in [5.41, 5.74) is 8.66. The Balaban J connectivity index is 0.000000142. The molecule has 0 saturated carbocycles. The summed E-state index contributed by atoms with van der Waals surface area (Å²) >= 11 is 0. The summed E-state index contributed by atoms with van der Waals surface area (Å²) in [6, 6.07) is 13.9. The van der Waals surface area contributed by atoms with Crippen molar-refractivity contribution >= 4 is 45.0 Å². The number of amides is 1. The first-order valence-corrected chi connectivity index (χ1v) is 18.2. The van der Waals surface area contributed by atoms with Gasteiger partial charge in [-0.1, -0.05) is 0 Å². The Hall–Kier alpha value is -6.26. The molecule has 274 valence electrons. The molecular weight excluding hydrogens is 687 g/mol. The lowest BCUT2D eigenvalue weighted by Gasteiger charge is -2.29. The molecule has 3 aliphatic heterocycles. The van der Waals surface area contributed by atoms with Gasteiger partial charge in [0.2, 0.25) is 5.91 Å². The van der Waals surface area contributed by atoms with E-state index in [9.17, 15) is 4.79 Å². The largest absolute Gasteiger partial charge is 0.378 e. The van der Waals surface area contributed by atoms with E-state index < -0.39 is 0 Å². The highest BCUT2D eigenvalue weighted by atomic mass is 16.5. The van der Waals surface area contributed by atoms with Crippen LogP contribution < -0.4 is 14.7 Å². The molecule has 16 heteroatoms. The van der Waals surface area contributed by atoms with Crippen LogP contribution in [0.1, 0.15) is 18.5 Å². The van der Waals surface area contributed by atoms with E-state index in [0.717, 1.165) is 118 Å². The number of H-pyrrole nitrogens is 3. The number of aryl methyl sites for hydroxylation is 1. The van der Waals surface area contributed by atoms with E-state index in [1.807, 2.05) is 48.2 Å². The van der Waals surface area contributed by atoms with Gasteiger partial charge in [0.15, 0.2) is 0 Å². The van der Waals surface area contributed by atoms with Gasteiger partial charge in [0.25, 0.3) is 0 Å². The molecule has 3 N–H and O–H groups in total. The molecule has 10 heterocycles. The average Bonchev–Trinajstić information content (AvgIpc) is 4.08. The van der Waals surface area contributed by atoms with Gasteiger partial charge < -0.3 is 24.2 Å². The standard InChI is InChI=1S/C19H19N7O.C19H20N6O2/c1-12-10-16(25-23-12)14-11-17(26-6-8-27-9-7-26)22-18-13(14)2-4-20-19(18)15-3-5-21-24-15;26-17-2-1-7-25(17)15-12-16(24-8-10-27-11-9-24)22-18-13(15)3-5-20-19(18)14-4-6-21-23-14/h2-5,10-11H,6-9H2,1H3,(H,21,24)(H,23,25);3-6,12H,1-2,7-11H2,(H,21,23). The minimum atomic E-state index is 0.162. The second-order valence-corrected chi connectivity index (χ2v) is 13.4. The van der Waals surface area contributed by atoms with Crippen LogP contribution in [0.2, 0.25) is 0 Å². The Morgan fingerprint density at radius 3 is 1.80 bits per heavy atom. The maximum absolute atomic E-state index is 12.5. The maximum atomic E-state index is 12.5. The van der Waals surface area contributed by atoms with Crippen molar-refractivity contribution in [3.8, 4) is 34.0 Å². The molecule has 3 aliphatic rings. The first-order chi connectivity index (χ1) is 26.6. The van der Waals surface area contributed by atoms with Gasteiger partial charge in [-0.05, 0) is 49.7 Å². The number of pyridine rings is 4. The molecule has 0 aromatic carbocycles. The van der Waals surface area contributed by atoms with Crippen LogP contribution in [0.4, 0.5) is 17.3 Å². The molecule has 3 saturated heterocycles. The average molecular weight is 726 g/mol. The molecule has 0 unspecified atom stereocenters. The van der Waals surface area contributed by atoms with E-state index in [-0.39, 0.29) is 5.91 Å². The predicted octanol–water partition coefficient (Wildman–Crippen LogP) is 4.54. The molecular formula is C38H39N13O3. The molecule has 0 atom stereocenters. The van der Waals surface area contributed by atoms with Gasteiger partial charge in [-0.3, -0.25) is 30.1 Å². The summed E-state index contributed by atoms with van der Waals surface area (Å²) in [6.45, 7) is 8.71. The van der Waals surface area contributed by atoms with Crippen molar-refractivity contribution in [1.29, 1.82) is 0 Å². The number of nitrogens with zero attached hydrogens (tertiary/aromatic N) is 10. The number of hydrogen-bond acceptors (Lipinski definition) is 12. The zero-order chi connectivity index (χ0) is 36.4. The molecule has 0 bridgehead atoms. The van der Waals surface area contributed by atoms with Crippen molar-refractivity contribution in [2.45, 2.75) is 19.8 Å². The van der Waals surface area contributed by atoms with E-state index in [4.69, 9.17) is 19.4 Å². The summed E-state index contributed by atoms with van der Waals surface area (Å²) < 4.78 is 11.0. The monoisotopic (exact) mass is 725 g/mol. The number of fused-ring (bicyclic) bond motifs is 2. The van der Waals surface area contributed by atoms with E-state index in [0.29, 0.717) is 32.8 Å². The van der Waals surface area contributed by atoms with Crippen LogP contribution in [0.5, 0.6) is 0 Å². The Labute approximate surface area is 309 Å². The number of morpholine rings is 2. The second-order valence-electron chi connectivity index (χ2n) is 13.4. The van der Waals surface area contributed by atoms with E-state index in [1.165, 1.54) is 0 Å². The third-order valence-corrected chi connectivity index (χ3v) is 9.93. The van der Waals surface area contributed by atoms with Gasteiger partial charge in [-0.25, -0.2) is 9.97 Å². The fraction of sp³-hybridized carbons (Fsp3) is 0.316. The fourth-order valence-electron chi connectivity index (χ4n) is 7.23. The summed E-state index contributed by atoms with van der Waals surface area (Å²) in [4.78, 5) is 37.8. The van der Waals surface area contributed by atoms with Crippen molar-refractivity contribution in [1.82, 2.24) is 50.5 Å². The molecule has 10 rings (SSSR count). The van der Waals surface area contributed by atoms with Crippen molar-refractivity contribution < 1.29 is 14.3 Å². The lowest BCUT2D eigenvalue weighted by atomic mass is 10.0. The summed E-state index contributed by atoms with van der Waals surface area (Å²) in [6.07, 6.45) is 8.46. The minimum Gasteiger partial charge on any atom is -0.378 e. The smallest absolute Gasteiger partial charge is 0.227 e. The number of anilines is 3. The third kappa shape index (κ3) is 6.49. The lowest BCUT2D eigenvalue weighted by molar-refractivity contribution is -0.117. The predicted molar refractivity (Wildman–Crippen MR) is 204 cm³/mol. The maximum Gasteiger partial charge on any atom is 0.227 e. The first-order valence-electron chi connectivity index (χ1n) is 18.2. The van der Waals surface area contributed by atoms with Crippen molar-refractivity contribution in [3.63, 3.8) is 0 Å². The van der Waals surface area contributed by atoms with Crippen molar-refractivity contribution in [2.75, 3.05) is 73.9 Å². The number of aromatic amines is 3. The molecule has 7 aromatic rings. The zero-order valence-corrected chi connectivity index (χ0v) is 29.8. The van der Waals surface area contributed by atoms with Crippen LogP contribution >= 0.6 is 0 Å². The van der Waals surface area contributed by atoms with E-state index >= 15 is 0 Å². The SMILES string of the molecule is Cc1cc(-c2cc(N3CCOCC3)nc3c(-c4ccn[nH]4)nccc23)n[nH]1.O=C1CCCN1c1cc(N2CCOCC2)nc2c(-c3ccn[nH]3)nccc12. The number of aromatic nitrogens is 10. The van der Waals surface area contributed by atoms with E-state index in [2.05, 4.69) is 56.4 Å². The number of nitrogens with one attached hydrogen (secondary N) is 3. The van der Waals surface area contributed by atoms with Crippen LogP contribution in [0.25, 0.3) is 55.8 Å². The molecule has 0 radical (unpaired) electrons. The highest BCUT2D eigenvalue weighted by molar-refractivity contribution is 6.07. The van der Waals surface area contributed by atoms with Crippen LogP contribution in [-0.4, -0.2) is 116 Å². The molecule has 0 spiro atoms. The van der Waals surface area contributed by atoms with Crippen LogP contribution in [0, 0.1) is 6.92 Å². The van der Waals surface area contributed by atoms with Gasteiger partial charge in [0.05, 0.1) is 49.2 Å². The van der Waals surface area contributed by atoms with Crippen LogP contribution in [0.3, 0.4) is 0 Å². The molecule has 54 heavy (non-hydrogen) atoms.